The number of anilines is 1. The standard InChI is InChI=1S/C15H13N3O7/c1-8(25-15(20)11-5-10(6-16-11)18(21)22)14(19)17-9-2-3-12-13(4-9)24-7-23-12/h2-6,8,16H,7H2,1H3,(H,17,19). The molecule has 1 aliphatic heterocycles. The minimum Gasteiger partial charge on any atom is -0.454 e. The zero-order chi connectivity index (χ0) is 18.0. The van der Waals surface area contributed by atoms with Gasteiger partial charge in [-0.2, -0.15) is 0 Å². The predicted octanol–water partition coefficient (Wildman–Crippen LogP) is 1.84. The monoisotopic (exact) mass is 347 g/mol. The number of carbonyl (C=O) groups excluding carboxylic acids is 2. The van der Waals surface area contributed by atoms with Gasteiger partial charge in [0.15, 0.2) is 17.6 Å². The minimum atomic E-state index is -1.11. The van der Waals surface area contributed by atoms with Gasteiger partial charge >= 0.3 is 5.97 Å². The molecule has 1 unspecified atom stereocenters. The summed E-state index contributed by atoms with van der Waals surface area (Å²) in [5, 5.41) is 13.2. The maximum atomic E-state index is 12.1. The second-order valence-corrected chi connectivity index (χ2v) is 5.13. The Kier molecular flexibility index (Phi) is 4.25. The van der Waals surface area contributed by atoms with Crippen LogP contribution in [0.2, 0.25) is 0 Å². The summed E-state index contributed by atoms with van der Waals surface area (Å²) < 4.78 is 15.4. The van der Waals surface area contributed by atoms with Crippen LogP contribution in [0.15, 0.2) is 30.5 Å². The van der Waals surface area contributed by atoms with Gasteiger partial charge in [-0.3, -0.25) is 14.9 Å². The van der Waals surface area contributed by atoms with Crippen LogP contribution in [0, 0.1) is 10.1 Å². The second kappa shape index (κ2) is 6.51. The fourth-order valence-corrected chi connectivity index (χ4v) is 2.10. The molecule has 0 fully saturated rings. The fraction of sp³-hybridized carbons (Fsp3) is 0.200. The third kappa shape index (κ3) is 3.52. The number of rotatable bonds is 5. The lowest BCUT2D eigenvalue weighted by Gasteiger charge is -2.13. The summed E-state index contributed by atoms with van der Waals surface area (Å²) >= 11 is 0. The predicted molar refractivity (Wildman–Crippen MR) is 83.5 cm³/mol. The molecular formula is C15H13N3O7. The van der Waals surface area contributed by atoms with Gasteiger partial charge in [0.05, 0.1) is 11.1 Å². The molecule has 0 aliphatic carbocycles. The topological polar surface area (TPSA) is 133 Å². The van der Waals surface area contributed by atoms with E-state index in [9.17, 15) is 19.7 Å². The molecule has 2 N–H and O–H groups in total. The lowest BCUT2D eigenvalue weighted by molar-refractivity contribution is -0.384. The Morgan fingerprint density at radius 3 is 2.80 bits per heavy atom. The first-order chi connectivity index (χ1) is 11.9. The molecular weight excluding hydrogens is 334 g/mol. The van der Waals surface area contributed by atoms with E-state index in [2.05, 4.69) is 10.3 Å². The number of hydrogen-bond acceptors (Lipinski definition) is 7. The molecule has 1 aromatic heterocycles. The van der Waals surface area contributed by atoms with Gasteiger partial charge in [0.1, 0.15) is 5.69 Å². The Bertz CT molecular complexity index is 845. The Morgan fingerprint density at radius 1 is 1.32 bits per heavy atom. The molecule has 0 bridgehead atoms. The van der Waals surface area contributed by atoms with Gasteiger partial charge in [-0.25, -0.2) is 4.79 Å². The summed E-state index contributed by atoms with van der Waals surface area (Å²) in [6.07, 6.45) is -0.0474. The highest BCUT2D eigenvalue weighted by Gasteiger charge is 2.22. The lowest BCUT2D eigenvalue weighted by atomic mass is 10.2. The Hall–Kier alpha value is -3.56. The molecule has 130 valence electrons. The van der Waals surface area contributed by atoms with Gasteiger partial charge in [0.2, 0.25) is 6.79 Å². The van der Waals surface area contributed by atoms with Crippen LogP contribution in [0.4, 0.5) is 11.4 Å². The first-order valence-electron chi connectivity index (χ1n) is 7.18. The van der Waals surface area contributed by atoms with Crippen molar-refractivity contribution in [3.8, 4) is 11.5 Å². The van der Waals surface area contributed by atoms with Gasteiger partial charge in [-0.1, -0.05) is 0 Å². The van der Waals surface area contributed by atoms with Crippen LogP contribution in [-0.4, -0.2) is 34.7 Å². The average Bonchev–Trinajstić information content (AvgIpc) is 3.23. The second-order valence-electron chi connectivity index (χ2n) is 5.13. The van der Waals surface area contributed by atoms with Crippen molar-refractivity contribution in [3.05, 3.63) is 46.3 Å². The number of esters is 1. The van der Waals surface area contributed by atoms with E-state index in [0.717, 1.165) is 12.3 Å². The van der Waals surface area contributed by atoms with Crippen LogP contribution in [0.1, 0.15) is 17.4 Å². The molecule has 2 heterocycles. The summed E-state index contributed by atoms with van der Waals surface area (Å²) in [6.45, 7) is 1.50. The molecule has 1 amide bonds. The maximum Gasteiger partial charge on any atom is 0.355 e. The molecule has 2 aromatic rings. The van der Waals surface area contributed by atoms with Crippen LogP contribution in [0.3, 0.4) is 0 Å². The smallest absolute Gasteiger partial charge is 0.355 e. The SMILES string of the molecule is CC(OC(=O)c1cc([N+](=O)[O-])c[nH]1)C(=O)Nc1ccc2c(c1)OCO2. The number of benzene rings is 1. The van der Waals surface area contributed by atoms with Crippen molar-refractivity contribution in [2.24, 2.45) is 0 Å². The number of nitro groups is 1. The van der Waals surface area contributed by atoms with E-state index >= 15 is 0 Å². The molecule has 0 radical (unpaired) electrons. The van der Waals surface area contributed by atoms with Crippen molar-refractivity contribution < 1.29 is 28.7 Å². The number of hydrogen-bond donors (Lipinski definition) is 2. The van der Waals surface area contributed by atoms with Crippen LogP contribution >= 0.6 is 0 Å². The van der Waals surface area contributed by atoms with Crippen molar-refractivity contribution in [1.82, 2.24) is 4.98 Å². The molecule has 25 heavy (non-hydrogen) atoms. The largest absolute Gasteiger partial charge is 0.454 e. The van der Waals surface area contributed by atoms with Crippen molar-refractivity contribution in [2.75, 3.05) is 12.1 Å². The van der Waals surface area contributed by atoms with Crippen LogP contribution in [0.5, 0.6) is 11.5 Å². The highest BCUT2D eigenvalue weighted by Crippen LogP contribution is 2.34. The van der Waals surface area contributed by atoms with Crippen molar-refractivity contribution in [1.29, 1.82) is 0 Å². The highest BCUT2D eigenvalue weighted by atomic mass is 16.7. The Morgan fingerprint density at radius 2 is 2.08 bits per heavy atom. The van der Waals surface area contributed by atoms with Crippen LogP contribution in [-0.2, 0) is 9.53 Å². The molecule has 10 nitrogen and oxygen atoms in total. The van der Waals surface area contributed by atoms with Gasteiger partial charge < -0.3 is 24.5 Å². The molecule has 1 aliphatic rings. The first kappa shape index (κ1) is 16.3. The van der Waals surface area contributed by atoms with E-state index in [1.165, 1.54) is 6.92 Å². The number of H-pyrrole nitrogens is 1. The minimum absolute atomic E-state index is 0.114. The molecule has 3 rings (SSSR count). The first-order valence-corrected chi connectivity index (χ1v) is 7.18. The van der Waals surface area contributed by atoms with Gasteiger partial charge in [0, 0.05) is 17.8 Å². The summed E-state index contributed by atoms with van der Waals surface area (Å²) in [5.41, 5.74) is 0.0616. The van der Waals surface area contributed by atoms with Gasteiger partial charge in [-0.15, -0.1) is 0 Å². The number of fused-ring (bicyclic) bond motifs is 1. The van der Waals surface area contributed by atoms with E-state index in [1.807, 2.05) is 0 Å². The van der Waals surface area contributed by atoms with Crippen LogP contribution in [0.25, 0.3) is 0 Å². The number of aromatic amines is 1. The van der Waals surface area contributed by atoms with E-state index in [-0.39, 0.29) is 18.2 Å². The molecule has 1 atom stereocenters. The van der Waals surface area contributed by atoms with Crippen molar-refractivity contribution in [3.63, 3.8) is 0 Å². The van der Waals surface area contributed by atoms with E-state index in [4.69, 9.17) is 14.2 Å². The number of amides is 1. The maximum absolute atomic E-state index is 12.1. The Labute approximate surface area is 140 Å². The third-order valence-electron chi connectivity index (χ3n) is 3.39. The molecule has 0 saturated carbocycles. The number of carbonyl (C=O) groups is 2. The zero-order valence-electron chi connectivity index (χ0n) is 13.0. The average molecular weight is 347 g/mol. The summed E-state index contributed by atoms with van der Waals surface area (Å²) in [6, 6.07) is 5.88. The third-order valence-corrected chi connectivity index (χ3v) is 3.39. The number of ether oxygens (including phenoxy) is 3. The molecule has 1 aromatic carbocycles. The van der Waals surface area contributed by atoms with E-state index < -0.39 is 22.9 Å². The molecule has 0 saturated heterocycles. The zero-order valence-corrected chi connectivity index (χ0v) is 13.0. The Balaban J connectivity index is 1.60. The highest BCUT2D eigenvalue weighted by molar-refractivity contribution is 5.97. The molecule has 10 heteroatoms. The van der Waals surface area contributed by atoms with Crippen molar-refractivity contribution in [2.45, 2.75) is 13.0 Å². The number of aromatic nitrogens is 1. The van der Waals surface area contributed by atoms with E-state index in [0.29, 0.717) is 17.2 Å². The number of nitrogens with zero attached hydrogens (tertiary/aromatic N) is 1. The van der Waals surface area contributed by atoms with Crippen LogP contribution < -0.4 is 14.8 Å². The van der Waals surface area contributed by atoms with Gasteiger partial charge in [0.25, 0.3) is 11.6 Å². The molecule has 0 spiro atoms. The normalized spacial score (nSPS) is 13.2. The van der Waals surface area contributed by atoms with Crippen molar-refractivity contribution >= 4 is 23.3 Å². The quantitative estimate of drug-likeness (QED) is 0.479. The summed E-state index contributed by atoms with van der Waals surface area (Å²) in [4.78, 5) is 36.4. The summed E-state index contributed by atoms with van der Waals surface area (Å²) in [5.74, 6) is -0.360. The lowest BCUT2D eigenvalue weighted by Crippen LogP contribution is -2.30. The van der Waals surface area contributed by atoms with Gasteiger partial charge in [-0.05, 0) is 19.1 Å². The fourth-order valence-electron chi connectivity index (χ4n) is 2.10. The van der Waals surface area contributed by atoms with E-state index in [1.54, 1.807) is 18.2 Å². The summed E-state index contributed by atoms with van der Waals surface area (Å²) in [7, 11) is 0. The number of nitrogens with one attached hydrogen (secondary N) is 2.